The highest BCUT2D eigenvalue weighted by Gasteiger charge is 2.50. The Labute approximate surface area is 135 Å². The van der Waals surface area contributed by atoms with Crippen LogP contribution in [0, 0.1) is 5.41 Å². The van der Waals surface area contributed by atoms with Gasteiger partial charge in [0.2, 0.25) is 15.9 Å². The maximum Gasteiger partial charge on any atom is 0.250 e. The summed E-state index contributed by atoms with van der Waals surface area (Å²) in [6.07, 6.45) is 4.37. The van der Waals surface area contributed by atoms with E-state index in [1.54, 1.807) is 17.5 Å². The van der Waals surface area contributed by atoms with Crippen LogP contribution < -0.4 is 4.72 Å². The first-order valence-electron chi connectivity index (χ1n) is 7.81. The van der Waals surface area contributed by atoms with Crippen molar-refractivity contribution in [3.8, 4) is 0 Å². The van der Waals surface area contributed by atoms with Crippen molar-refractivity contribution in [3.05, 3.63) is 17.5 Å². The molecule has 1 aromatic heterocycles. The molecule has 2 aliphatic rings. The zero-order valence-corrected chi connectivity index (χ0v) is 14.4. The van der Waals surface area contributed by atoms with Gasteiger partial charge in [0.05, 0.1) is 0 Å². The largest absolute Gasteiger partial charge is 0.339 e. The highest BCUT2D eigenvalue weighted by atomic mass is 32.2. The van der Waals surface area contributed by atoms with Crippen molar-refractivity contribution in [2.45, 2.75) is 49.3 Å². The number of hydrogen-bond donors (Lipinski definition) is 1. The summed E-state index contributed by atoms with van der Waals surface area (Å²) >= 11 is 1.23. The van der Waals surface area contributed by atoms with Gasteiger partial charge < -0.3 is 4.90 Å². The summed E-state index contributed by atoms with van der Waals surface area (Å²) in [5.74, 6) is 0.214. The first kappa shape index (κ1) is 16.0. The fourth-order valence-electron chi connectivity index (χ4n) is 3.99. The van der Waals surface area contributed by atoms with Crippen LogP contribution in [0.25, 0.3) is 0 Å². The van der Waals surface area contributed by atoms with E-state index in [2.05, 4.69) is 4.72 Å². The second kappa shape index (κ2) is 5.94. The summed E-state index contributed by atoms with van der Waals surface area (Å²) in [6, 6.07) is 3.55. The minimum atomic E-state index is -3.43. The monoisotopic (exact) mass is 342 g/mol. The minimum Gasteiger partial charge on any atom is -0.339 e. The summed E-state index contributed by atoms with van der Waals surface area (Å²) < 4.78 is 27.9. The number of fused-ring (bicyclic) bond motifs is 1. The van der Waals surface area contributed by atoms with Gasteiger partial charge >= 0.3 is 0 Å². The zero-order valence-electron chi connectivity index (χ0n) is 12.7. The van der Waals surface area contributed by atoms with Crippen molar-refractivity contribution in [1.82, 2.24) is 9.62 Å². The molecule has 0 radical (unpaired) electrons. The maximum absolute atomic E-state index is 12.4. The number of nitrogens with one attached hydrogen (secondary N) is 1. The molecule has 3 rings (SSSR count). The lowest BCUT2D eigenvalue weighted by Crippen LogP contribution is -2.55. The van der Waals surface area contributed by atoms with Crippen LogP contribution >= 0.6 is 11.3 Å². The smallest absolute Gasteiger partial charge is 0.250 e. The normalized spacial score (nSPS) is 28.9. The number of nitrogens with zero attached hydrogens (tertiary/aromatic N) is 1. The van der Waals surface area contributed by atoms with Crippen molar-refractivity contribution in [1.29, 1.82) is 0 Å². The van der Waals surface area contributed by atoms with Gasteiger partial charge in [0.1, 0.15) is 4.21 Å². The maximum atomic E-state index is 12.4. The average Bonchev–Trinajstić information content (AvgIpc) is 3.16. The number of likely N-dealkylation sites (tertiary alicyclic amines) is 1. The molecular weight excluding hydrogens is 320 g/mol. The van der Waals surface area contributed by atoms with Crippen LogP contribution in [0.15, 0.2) is 21.7 Å². The van der Waals surface area contributed by atoms with Crippen molar-refractivity contribution in [2.24, 2.45) is 5.41 Å². The molecule has 0 spiro atoms. The van der Waals surface area contributed by atoms with E-state index < -0.39 is 10.0 Å². The predicted octanol–water partition coefficient (Wildman–Crippen LogP) is 2.21. The van der Waals surface area contributed by atoms with Gasteiger partial charge in [0.25, 0.3) is 0 Å². The van der Waals surface area contributed by atoms with Gasteiger partial charge in [-0.15, -0.1) is 11.3 Å². The molecule has 2 heterocycles. The Morgan fingerprint density at radius 2 is 2.27 bits per heavy atom. The van der Waals surface area contributed by atoms with Gasteiger partial charge in [-0.3, -0.25) is 4.79 Å². The highest BCUT2D eigenvalue weighted by molar-refractivity contribution is 7.91. The molecule has 1 aromatic rings. The van der Waals surface area contributed by atoms with Crippen molar-refractivity contribution < 1.29 is 13.2 Å². The molecule has 1 aliphatic carbocycles. The Bertz CT molecular complexity index is 642. The van der Waals surface area contributed by atoms with E-state index in [1.807, 2.05) is 11.8 Å². The van der Waals surface area contributed by atoms with E-state index in [9.17, 15) is 13.2 Å². The number of thiophene rings is 1. The van der Waals surface area contributed by atoms with Crippen LogP contribution in [0.5, 0.6) is 0 Å². The SMILES string of the molecule is CCN1C(=O)CC[C@]2(CNS(=O)(=O)c3cccs3)CCC[C@@H]12. The second-order valence-corrected chi connectivity index (χ2v) is 9.15. The molecule has 1 N–H and O–H groups in total. The van der Waals surface area contributed by atoms with Crippen LogP contribution in [0.1, 0.15) is 39.0 Å². The molecule has 1 aliphatic heterocycles. The predicted molar refractivity (Wildman–Crippen MR) is 86.2 cm³/mol. The lowest BCUT2D eigenvalue weighted by Gasteiger charge is -2.46. The first-order valence-corrected chi connectivity index (χ1v) is 10.2. The van der Waals surface area contributed by atoms with Gasteiger partial charge in [-0.2, -0.15) is 0 Å². The molecule has 0 aromatic carbocycles. The third-order valence-corrected chi connectivity index (χ3v) is 7.91. The molecule has 5 nitrogen and oxygen atoms in total. The van der Waals surface area contributed by atoms with Crippen LogP contribution in [0.3, 0.4) is 0 Å². The number of carbonyl (C=O) groups excluding carboxylic acids is 1. The summed E-state index contributed by atoms with van der Waals surface area (Å²) in [6.45, 7) is 3.15. The Kier molecular flexibility index (Phi) is 4.31. The van der Waals surface area contributed by atoms with Crippen molar-refractivity contribution in [2.75, 3.05) is 13.1 Å². The van der Waals surface area contributed by atoms with E-state index in [-0.39, 0.29) is 17.4 Å². The van der Waals surface area contributed by atoms with Crippen LogP contribution in [-0.4, -0.2) is 38.4 Å². The van der Waals surface area contributed by atoms with Crippen molar-refractivity contribution >= 4 is 27.3 Å². The average molecular weight is 342 g/mol. The molecule has 0 unspecified atom stereocenters. The molecule has 22 heavy (non-hydrogen) atoms. The van der Waals surface area contributed by atoms with Gasteiger partial charge in [-0.1, -0.05) is 12.5 Å². The highest BCUT2D eigenvalue weighted by Crippen LogP contribution is 2.47. The second-order valence-electron chi connectivity index (χ2n) is 6.21. The molecule has 1 saturated carbocycles. The van der Waals surface area contributed by atoms with Gasteiger partial charge in [-0.05, 0) is 37.6 Å². The van der Waals surface area contributed by atoms with Gasteiger partial charge in [-0.25, -0.2) is 13.1 Å². The number of sulfonamides is 1. The van der Waals surface area contributed by atoms with E-state index in [0.717, 1.165) is 25.7 Å². The Morgan fingerprint density at radius 1 is 1.45 bits per heavy atom. The lowest BCUT2D eigenvalue weighted by molar-refractivity contribution is -0.141. The topological polar surface area (TPSA) is 66.5 Å². The quantitative estimate of drug-likeness (QED) is 0.892. The standard InChI is InChI=1S/C15H22N2O3S2/c1-2-17-12-5-3-8-15(12,9-7-13(17)18)11-16-22(19,20)14-6-4-10-21-14/h4,6,10,12,16H,2-3,5,7-9,11H2,1H3/t12-,15+/m1/s1. The van der Waals surface area contributed by atoms with Gasteiger partial charge in [0.15, 0.2) is 0 Å². The van der Waals surface area contributed by atoms with E-state index >= 15 is 0 Å². The summed E-state index contributed by atoms with van der Waals surface area (Å²) in [7, 11) is -3.43. The summed E-state index contributed by atoms with van der Waals surface area (Å²) in [5, 5.41) is 1.77. The summed E-state index contributed by atoms with van der Waals surface area (Å²) in [4.78, 5) is 14.0. The molecule has 2 atom stereocenters. The molecular formula is C15H22N2O3S2. The first-order chi connectivity index (χ1) is 10.5. The van der Waals surface area contributed by atoms with Crippen LogP contribution in [-0.2, 0) is 14.8 Å². The Morgan fingerprint density at radius 3 is 2.95 bits per heavy atom. The zero-order chi connectivity index (χ0) is 15.8. The fourth-order valence-corrected chi connectivity index (χ4v) is 6.17. The third-order valence-electron chi connectivity index (χ3n) is 5.11. The Balaban J connectivity index is 1.77. The van der Waals surface area contributed by atoms with E-state index in [0.29, 0.717) is 23.7 Å². The molecule has 1 saturated heterocycles. The third kappa shape index (κ3) is 2.70. The summed E-state index contributed by atoms with van der Waals surface area (Å²) in [5.41, 5.74) is -0.0890. The van der Waals surface area contributed by atoms with E-state index in [1.165, 1.54) is 11.3 Å². The number of amides is 1. The molecule has 122 valence electrons. The lowest BCUT2D eigenvalue weighted by atomic mass is 9.75. The number of piperidine rings is 1. The van der Waals surface area contributed by atoms with E-state index in [4.69, 9.17) is 0 Å². The fraction of sp³-hybridized carbons (Fsp3) is 0.667. The van der Waals surface area contributed by atoms with Gasteiger partial charge in [0, 0.05) is 31.0 Å². The van der Waals surface area contributed by atoms with Crippen LogP contribution in [0.4, 0.5) is 0 Å². The molecule has 1 amide bonds. The number of rotatable bonds is 5. The molecule has 0 bridgehead atoms. The number of hydrogen-bond acceptors (Lipinski definition) is 4. The van der Waals surface area contributed by atoms with Crippen molar-refractivity contribution in [3.63, 3.8) is 0 Å². The van der Waals surface area contributed by atoms with Crippen LogP contribution in [0.2, 0.25) is 0 Å². The molecule has 7 heteroatoms. The minimum absolute atomic E-state index is 0.0890. The number of carbonyl (C=O) groups is 1. The molecule has 2 fully saturated rings. The Hall–Kier alpha value is -0.920.